The number of nitrogens with zero attached hydrogens (tertiary/aromatic N) is 1. The number of H-pyrrole nitrogens is 2. The third-order valence-electron chi connectivity index (χ3n) is 2.23. The summed E-state index contributed by atoms with van der Waals surface area (Å²) in [5.74, 6) is -1.16. The molecule has 0 amide bonds. The van der Waals surface area contributed by atoms with E-state index < -0.39 is 17.3 Å². The van der Waals surface area contributed by atoms with Crippen molar-refractivity contribution >= 4 is 17.3 Å². The van der Waals surface area contributed by atoms with Crippen molar-refractivity contribution in [1.29, 1.82) is 0 Å². The minimum absolute atomic E-state index is 0.0425. The van der Waals surface area contributed by atoms with Gasteiger partial charge in [0.15, 0.2) is 0 Å². The molecular formula is C9H9N3O4S. The van der Waals surface area contributed by atoms with Crippen molar-refractivity contribution in [3.8, 4) is 5.00 Å². The zero-order valence-electron chi connectivity index (χ0n) is 8.81. The lowest BCUT2D eigenvalue weighted by Gasteiger charge is -1.96. The largest absolute Gasteiger partial charge is 0.478 e. The van der Waals surface area contributed by atoms with Crippen LogP contribution in [-0.4, -0.2) is 25.8 Å². The van der Waals surface area contributed by atoms with Gasteiger partial charge in [-0.1, -0.05) is 6.92 Å². The molecule has 2 aromatic rings. The fraction of sp³-hybridized carbons (Fsp3) is 0.222. The molecule has 0 aliphatic heterocycles. The fourth-order valence-electron chi connectivity index (χ4n) is 1.42. The van der Waals surface area contributed by atoms with Crippen LogP contribution in [0.4, 0.5) is 0 Å². The van der Waals surface area contributed by atoms with E-state index in [4.69, 9.17) is 5.11 Å². The summed E-state index contributed by atoms with van der Waals surface area (Å²) in [4.78, 5) is 34.6. The lowest BCUT2D eigenvalue weighted by atomic mass is 10.2. The van der Waals surface area contributed by atoms with Gasteiger partial charge < -0.3 is 5.11 Å². The number of carbonyl (C=O) groups is 1. The van der Waals surface area contributed by atoms with Gasteiger partial charge in [0.2, 0.25) is 0 Å². The second-order valence-corrected chi connectivity index (χ2v) is 4.40. The van der Waals surface area contributed by atoms with Crippen molar-refractivity contribution < 1.29 is 9.90 Å². The SMILES string of the molecule is CCc1cc(C(=O)O)c(-n2c(=O)[nH][nH]c2=O)s1. The predicted octanol–water partition coefficient (Wildman–Crippen LogP) is 0.176. The van der Waals surface area contributed by atoms with Crippen LogP contribution in [0.15, 0.2) is 15.7 Å². The number of aromatic nitrogens is 3. The highest BCUT2D eigenvalue weighted by Crippen LogP contribution is 2.25. The molecule has 0 saturated carbocycles. The summed E-state index contributed by atoms with van der Waals surface area (Å²) in [6, 6.07) is 1.47. The van der Waals surface area contributed by atoms with Crippen molar-refractivity contribution in [2.45, 2.75) is 13.3 Å². The number of rotatable bonds is 3. The number of hydrogen-bond acceptors (Lipinski definition) is 4. The van der Waals surface area contributed by atoms with Crippen molar-refractivity contribution in [2.75, 3.05) is 0 Å². The first-order chi connectivity index (χ1) is 8.04. The molecule has 2 aromatic heterocycles. The van der Waals surface area contributed by atoms with Gasteiger partial charge in [-0.05, 0) is 12.5 Å². The summed E-state index contributed by atoms with van der Waals surface area (Å²) in [5.41, 5.74) is -1.40. The molecule has 8 heteroatoms. The van der Waals surface area contributed by atoms with Gasteiger partial charge in [-0.2, -0.15) is 0 Å². The van der Waals surface area contributed by atoms with Crippen LogP contribution in [0.2, 0.25) is 0 Å². The van der Waals surface area contributed by atoms with Crippen LogP contribution in [-0.2, 0) is 6.42 Å². The molecule has 7 nitrogen and oxygen atoms in total. The zero-order valence-corrected chi connectivity index (χ0v) is 9.63. The summed E-state index contributed by atoms with van der Waals surface area (Å²) in [6.45, 7) is 1.87. The second kappa shape index (κ2) is 4.06. The average Bonchev–Trinajstić information content (AvgIpc) is 2.82. The van der Waals surface area contributed by atoms with Gasteiger partial charge in [-0.25, -0.2) is 29.1 Å². The summed E-state index contributed by atoms with van der Waals surface area (Å²) in [6.07, 6.45) is 0.641. The molecule has 0 aromatic carbocycles. The normalized spacial score (nSPS) is 10.6. The zero-order chi connectivity index (χ0) is 12.6. The highest BCUT2D eigenvalue weighted by Gasteiger charge is 2.19. The first kappa shape index (κ1) is 11.4. The van der Waals surface area contributed by atoms with E-state index in [1.54, 1.807) is 0 Å². The smallest absolute Gasteiger partial charge is 0.349 e. The van der Waals surface area contributed by atoms with Crippen LogP contribution < -0.4 is 11.4 Å². The molecule has 17 heavy (non-hydrogen) atoms. The van der Waals surface area contributed by atoms with Gasteiger partial charge in [0.05, 0.1) is 5.56 Å². The number of nitrogens with one attached hydrogen (secondary N) is 2. The molecule has 0 radical (unpaired) electrons. The minimum Gasteiger partial charge on any atom is -0.478 e. The molecule has 0 unspecified atom stereocenters. The maximum atomic E-state index is 11.4. The molecule has 0 saturated heterocycles. The third-order valence-corrected chi connectivity index (χ3v) is 3.49. The monoisotopic (exact) mass is 255 g/mol. The van der Waals surface area contributed by atoms with Crippen LogP contribution in [0.25, 0.3) is 5.00 Å². The summed E-state index contributed by atoms with van der Waals surface area (Å²) >= 11 is 1.12. The number of hydrogen-bond donors (Lipinski definition) is 3. The van der Waals surface area contributed by atoms with Crippen molar-refractivity contribution in [1.82, 2.24) is 14.8 Å². The number of aromatic carboxylic acids is 1. The maximum Gasteiger partial charge on any atom is 0.349 e. The Hall–Kier alpha value is -2.09. The van der Waals surface area contributed by atoms with Crippen molar-refractivity contribution in [3.05, 3.63) is 37.5 Å². The standard InChI is InChI=1S/C9H9N3O4S/c1-2-4-3-5(7(13)14)6(17-4)12-8(15)10-11-9(12)16/h3H,2H2,1H3,(H,10,15)(H,11,16)(H,13,14). The number of aromatic amines is 2. The van der Waals surface area contributed by atoms with E-state index >= 15 is 0 Å². The van der Waals surface area contributed by atoms with Gasteiger partial charge >= 0.3 is 17.3 Å². The van der Waals surface area contributed by atoms with E-state index in [0.717, 1.165) is 20.8 Å². The predicted molar refractivity (Wildman–Crippen MR) is 61.2 cm³/mol. The Morgan fingerprint density at radius 1 is 1.41 bits per heavy atom. The Kier molecular flexibility index (Phi) is 2.72. The first-order valence-electron chi connectivity index (χ1n) is 4.80. The minimum atomic E-state index is -1.16. The van der Waals surface area contributed by atoms with Crippen LogP contribution in [0.3, 0.4) is 0 Å². The average molecular weight is 255 g/mol. The first-order valence-corrected chi connectivity index (χ1v) is 5.62. The van der Waals surface area contributed by atoms with Crippen LogP contribution in [0.5, 0.6) is 0 Å². The molecule has 0 bridgehead atoms. The highest BCUT2D eigenvalue weighted by atomic mass is 32.1. The second-order valence-electron chi connectivity index (χ2n) is 3.29. The van der Waals surface area contributed by atoms with E-state index in [9.17, 15) is 14.4 Å². The van der Waals surface area contributed by atoms with Crippen LogP contribution in [0, 0.1) is 0 Å². The highest BCUT2D eigenvalue weighted by molar-refractivity contribution is 7.14. The molecule has 3 N–H and O–H groups in total. The lowest BCUT2D eigenvalue weighted by molar-refractivity contribution is 0.0697. The molecule has 0 atom stereocenters. The van der Waals surface area contributed by atoms with Crippen LogP contribution >= 0.6 is 11.3 Å². The number of aryl methyl sites for hydroxylation is 1. The molecule has 2 rings (SSSR count). The topological polar surface area (TPSA) is 108 Å². The van der Waals surface area contributed by atoms with E-state index in [2.05, 4.69) is 10.2 Å². The van der Waals surface area contributed by atoms with Gasteiger partial charge in [-0.3, -0.25) is 0 Å². The Morgan fingerprint density at radius 3 is 2.47 bits per heavy atom. The van der Waals surface area contributed by atoms with Crippen molar-refractivity contribution in [2.24, 2.45) is 0 Å². The van der Waals surface area contributed by atoms with E-state index in [-0.39, 0.29) is 10.6 Å². The molecule has 0 fully saturated rings. The Morgan fingerprint density at radius 2 is 2.00 bits per heavy atom. The van der Waals surface area contributed by atoms with Gasteiger partial charge in [0.1, 0.15) is 5.00 Å². The molecule has 90 valence electrons. The van der Waals surface area contributed by atoms with Gasteiger partial charge in [-0.15, -0.1) is 11.3 Å². The Labute approximate surface area is 98.3 Å². The third kappa shape index (κ3) is 1.82. The molecular weight excluding hydrogens is 246 g/mol. The van der Waals surface area contributed by atoms with Crippen molar-refractivity contribution in [3.63, 3.8) is 0 Å². The number of carboxylic acids is 1. The van der Waals surface area contributed by atoms with Gasteiger partial charge in [0.25, 0.3) is 0 Å². The molecule has 2 heterocycles. The molecule has 0 aliphatic rings. The quantitative estimate of drug-likeness (QED) is 0.726. The fourth-order valence-corrected chi connectivity index (χ4v) is 2.50. The lowest BCUT2D eigenvalue weighted by Crippen LogP contribution is -2.25. The number of carboxylic acid groups (broad SMARTS) is 1. The maximum absolute atomic E-state index is 11.4. The van der Waals surface area contributed by atoms with Crippen LogP contribution in [0.1, 0.15) is 22.2 Å². The summed E-state index contributed by atoms with van der Waals surface area (Å²) < 4.78 is 0.785. The Balaban J connectivity index is 2.75. The summed E-state index contributed by atoms with van der Waals surface area (Å²) in [7, 11) is 0. The Bertz CT molecular complexity index is 647. The van der Waals surface area contributed by atoms with E-state index in [1.807, 2.05) is 6.92 Å². The molecule has 0 spiro atoms. The summed E-state index contributed by atoms with van der Waals surface area (Å²) in [5, 5.41) is 13.4. The van der Waals surface area contributed by atoms with E-state index in [1.165, 1.54) is 6.07 Å². The molecule has 0 aliphatic carbocycles. The number of thiophene rings is 1. The van der Waals surface area contributed by atoms with Gasteiger partial charge in [0, 0.05) is 4.88 Å². The van der Waals surface area contributed by atoms with E-state index in [0.29, 0.717) is 6.42 Å².